The number of sulfonamides is 1. The number of hydrogen-bond acceptors (Lipinski definition) is 8. The second-order valence-electron chi connectivity index (χ2n) is 5.30. The molecule has 0 aromatic carbocycles. The van der Waals surface area contributed by atoms with Crippen molar-refractivity contribution in [2.24, 2.45) is 5.92 Å². The Morgan fingerprint density at radius 2 is 2.00 bits per heavy atom. The molecule has 10 heteroatoms. The number of aromatic nitrogens is 1. The van der Waals surface area contributed by atoms with Gasteiger partial charge in [0.05, 0.1) is 19.4 Å². The number of amides is 1. The summed E-state index contributed by atoms with van der Waals surface area (Å²) in [5.41, 5.74) is 0. The molecule has 0 radical (unpaired) electrons. The molecule has 0 aliphatic carbocycles. The van der Waals surface area contributed by atoms with Gasteiger partial charge in [0.1, 0.15) is 0 Å². The fraction of sp³-hybridized carbons (Fsp3) is 0.692. The third kappa shape index (κ3) is 4.07. The second kappa shape index (κ2) is 7.22. The lowest BCUT2D eigenvalue weighted by Crippen LogP contribution is -2.35. The molecule has 1 amide bonds. The summed E-state index contributed by atoms with van der Waals surface area (Å²) < 4.78 is 42.6. The summed E-state index contributed by atoms with van der Waals surface area (Å²) in [6.45, 7) is 1.98. The van der Waals surface area contributed by atoms with Crippen molar-refractivity contribution in [3.63, 3.8) is 0 Å². The Hall–Kier alpha value is -1.07. The molecule has 8 nitrogen and oxygen atoms in total. The SMILES string of the molecule is O=C(NS(=O)(=O)c1cnc(C2OCCO2)s1)C1CCCOCC1. The summed E-state index contributed by atoms with van der Waals surface area (Å²) in [5.74, 6) is -0.833. The smallest absolute Gasteiger partial charge is 0.275 e. The monoisotopic (exact) mass is 362 g/mol. The van der Waals surface area contributed by atoms with E-state index < -0.39 is 22.2 Å². The fourth-order valence-corrected chi connectivity index (χ4v) is 4.63. The summed E-state index contributed by atoms with van der Waals surface area (Å²) >= 11 is 0.941. The molecule has 1 atom stereocenters. The van der Waals surface area contributed by atoms with Crippen molar-refractivity contribution in [3.8, 4) is 0 Å². The zero-order valence-corrected chi connectivity index (χ0v) is 14.0. The van der Waals surface area contributed by atoms with Crippen molar-refractivity contribution in [3.05, 3.63) is 11.2 Å². The van der Waals surface area contributed by atoms with Crippen LogP contribution >= 0.6 is 11.3 Å². The molecule has 0 bridgehead atoms. The minimum atomic E-state index is -3.92. The van der Waals surface area contributed by atoms with Crippen LogP contribution < -0.4 is 4.72 Å². The van der Waals surface area contributed by atoms with Crippen LogP contribution in [0.25, 0.3) is 0 Å². The van der Waals surface area contributed by atoms with E-state index in [0.29, 0.717) is 44.3 Å². The topological polar surface area (TPSA) is 104 Å². The number of hydrogen-bond donors (Lipinski definition) is 1. The number of carbonyl (C=O) groups is 1. The summed E-state index contributed by atoms with van der Waals surface area (Å²) in [7, 11) is -3.92. The third-order valence-corrected chi connectivity index (χ3v) is 6.48. The van der Waals surface area contributed by atoms with Crippen LogP contribution in [0.2, 0.25) is 0 Å². The standard InChI is InChI=1S/C13H18N2O6S2/c16-11(9-2-1-4-19-5-3-9)15-23(17,18)10-8-14-12(22-10)13-20-6-7-21-13/h8-9,13H,1-7H2,(H,15,16). The van der Waals surface area contributed by atoms with Gasteiger partial charge in [0.25, 0.3) is 10.0 Å². The van der Waals surface area contributed by atoms with E-state index in [0.717, 1.165) is 17.8 Å². The van der Waals surface area contributed by atoms with Gasteiger partial charge >= 0.3 is 0 Å². The minimum absolute atomic E-state index is 0.0233. The Bertz CT molecular complexity index is 645. The van der Waals surface area contributed by atoms with Crippen LogP contribution in [0.3, 0.4) is 0 Å². The Balaban J connectivity index is 1.67. The van der Waals surface area contributed by atoms with E-state index in [-0.39, 0.29) is 10.1 Å². The van der Waals surface area contributed by atoms with Gasteiger partial charge in [0.15, 0.2) is 9.22 Å². The molecule has 0 spiro atoms. The zero-order chi connectivity index (χ0) is 16.3. The highest BCUT2D eigenvalue weighted by Crippen LogP contribution is 2.29. The molecule has 2 aliphatic heterocycles. The van der Waals surface area contributed by atoms with Crippen LogP contribution in [-0.4, -0.2) is 45.7 Å². The molecule has 2 saturated heterocycles. The van der Waals surface area contributed by atoms with Crippen LogP contribution in [0.1, 0.15) is 30.6 Å². The van der Waals surface area contributed by atoms with Crippen LogP contribution in [0.4, 0.5) is 0 Å². The molecule has 0 saturated carbocycles. The van der Waals surface area contributed by atoms with E-state index in [1.807, 2.05) is 0 Å². The first-order valence-electron chi connectivity index (χ1n) is 7.39. The molecule has 3 rings (SSSR count). The molecule has 23 heavy (non-hydrogen) atoms. The van der Waals surface area contributed by atoms with Crippen molar-refractivity contribution >= 4 is 27.3 Å². The number of thiazole rings is 1. The highest BCUT2D eigenvalue weighted by Gasteiger charge is 2.29. The molecular formula is C13H18N2O6S2. The number of nitrogens with one attached hydrogen (secondary N) is 1. The van der Waals surface area contributed by atoms with Gasteiger partial charge in [-0.1, -0.05) is 0 Å². The first-order valence-corrected chi connectivity index (χ1v) is 9.69. The van der Waals surface area contributed by atoms with Gasteiger partial charge in [-0.15, -0.1) is 11.3 Å². The normalized spacial score (nSPS) is 23.6. The Kier molecular flexibility index (Phi) is 5.27. The summed E-state index contributed by atoms with van der Waals surface area (Å²) in [6, 6.07) is 0. The lowest BCUT2D eigenvalue weighted by Gasteiger charge is -2.12. The predicted octanol–water partition coefficient (Wildman–Crippen LogP) is 0.810. The number of ether oxygens (including phenoxy) is 3. The molecular weight excluding hydrogens is 344 g/mol. The van der Waals surface area contributed by atoms with E-state index in [4.69, 9.17) is 14.2 Å². The van der Waals surface area contributed by atoms with Gasteiger partial charge in [-0.2, -0.15) is 0 Å². The minimum Gasteiger partial charge on any atom is -0.381 e. The van der Waals surface area contributed by atoms with E-state index in [1.54, 1.807) is 0 Å². The van der Waals surface area contributed by atoms with Crippen molar-refractivity contribution in [2.75, 3.05) is 26.4 Å². The fourth-order valence-electron chi connectivity index (χ4n) is 2.44. The number of carbonyl (C=O) groups excluding carboxylic acids is 1. The Morgan fingerprint density at radius 1 is 1.22 bits per heavy atom. The molecule has 1 N–H and O–H groups in total. The van der Waals surface area contributed by atoms with Crippen LogP contribution in [0, 0.1) is 5.92 Å². The van der Waals surface area contributed by atoms with Crippen molar-refractivity contribution < 1.29 is 27.4 Å². The number of rotatable bonds is 4. The lowest BCUT2D eigenvalue weighted by atomic mass is 10.0. The maximum absolute atomic E-state index is 12.3. The summed E-state index contributed by atoms with van der Waals surface area (Å²) in [6.07, 6.45) is 2.49. The van der Waals surface area contributed by atoms with Crippen LogP contribution in [-0.2, 0) is 29.0 Å². The predicted molar refractivity (Wildman–Crippen MR) is 80.2 cm³/mol. The van der Waals surface area contributed by atoms with Gasteiger partial charge in [-0.3, -0.25) is 4.79 Å². The van der Waals surface area contributed by atoms with Crippen molar-refractivity contribution in [1.82, 2.24) is 9.71 Å². The van der Waals surface area contributed by atoms with Gasteiger partial charge in [0, 0.05) is 19.1 Å². The van der Waals surface area contributed by atoms with Gasteiger partial charge in [0.2, 0.25) is 12.2 Å². The highest BCUT2D eigenvalue weighted by molar-refractivity contribution is 7.92. The maximum Gasteiger partial charge on any atom is 0.275 e. The van der Waals surface area contributed by atoms with E-state index in [1.165, 1.54) is 6.20 Å². The summed E-state index contributed by atoms with van der Waals surface area (Å²) in [5, 5.41) is 0.429. The molecule has 2 fully saturated rings. The number of nitrogens with zero attached hydrogens (tertiary/aromatic N) is 1. The van der Waals surface area contributed by atoms with Gasteiger partial charge in [-0.25, -0.2) is 18.1 Å². The lowest BCUT2D eigenvalue weighted by molar-refractivity contribution is -0.123. The maximum atomic E-state index is 12.3. The average molecular weight is 362 g/mol. The summed E-state index contributed by atoms with van der Waals surface area (Å²) in [4.78, 5) is 16.2. The molecule has 128 valence electrons. The van der Waals surface area contributed by atoms with Crippen molar-refractivity contribution in [2.45, 2.75) is 29.8 Å². The van der Waals surface area contributed by atoms with E-state index in [9.17, 15) is 13.2 Å². The quantitative estimate of drug-likeness (QED) is 0.845. The molecule has 3 heterocycles. The third-order valence-electron chi connectivity index (χ3n) is 3.65. The largest absolute Gasteiger partial charge is 0.381 e. The first-order chi connectivity index (χ1) is 11.1. The Morgan fingerprint density at radius 3 is 2.78 bits per heavy atom. The van der Waals surface area contributed by atoms with E-state index >= 15 is 0 Å². The second-order valence-corrected chi connectivity index (χ2v) is 8.27. The van der Waals surface area contributed by atoms with Gasteiger partial charge in [-0.05, 0) is 19.3 Å². The van der Waals surface area contributed by atoms with E-state index in [2.05, 4.69) is 9.71 Å². The molecule has 1 aromatic rings. The van der Waals surface area contributed by atoms with Gasteiger partial charge < -0.3 is 14.2 Å². The highest BCUT2D eigenvalue weighted by atomic mass is 32.2. The van der Waals surface area contributed by atoms with Crippen molar-refractivity contribution in [1.29, 1.82) is 0 Å². The average Bonchev–Trinajstić information content (AvgIpc) is 3.13. The molecule has 1 unspecified atom stereocenters. The van der Waals surface area contributed by atoms with Crippen LogP contribution in [0.5, 0.6) is 0 Å². The first kappa shape index (κ1) is 16.8. The van der Waals surface area contributed by atoms with Crippen LogP contribution in [0.15, 0.2) is 10.4 Å². The Labute approximate surface area is 138 Å². The zero-order valence-electron chi connectivity index (χ0n) is 12.4. The molecule has 2 aliphatic rings. The molecule has 1 aromatic heterocycles.